The highest BCUT2D eigenvalue weighted by molar-refractivity contribution is 7.78. The summed E-state index contributed by atoms with van der Waals surface area (Å²) < 4.78 is 1.04. The molecule has 0 aliphatic heterocycles. The van der Waals surface area contributed by atoms with Crippen LogP contribution >= 0.6 is 15.9 Å². The fourth-order valence-electron chi connectivity index (χ4n) is 0.995. The summed E-state index contributed by atoms with van der Waals surface area (Å²) in [6, 6.07) is 0. The summed E-state index contributed by atoms with van der Waals surface area (Å²) in [5, 5.41) is 6.38. The Morgan fingerprint density at radius 1 is 1.06 bits per heavy atom. The van der Waals surface area contributed by atoms with Crippen LogP contribution in [0.25, 0.3) is 0 Å². The zero-order chi connectivity index (χ0) is 12.6. The first-order chi connectivity index (χ1) is 7.08. The Bertz CT molecular complexity index is 329. The van der Waals surface area contributed by atoms with E-state index in [1.165, 1.54) is 12.4 Å². The van der Waals surface area contributed by atoms with Gasteiger partial charge in [0.15, 0.2) is 0 Å². The van der Waals surface area contributed by atoms with Crippen molar-refractivity contribution in [1.82, 2.24) is 9.55 Å². The Kier molecular flexibility index (Phi) is 3.66. The highest BCUT2D eigenvalue weighted by Gasteiger charge is 2.79. The molecule has 11 heteroatoms. The molecule has 0 aliphatic carbocycles. The molecule has 0 bridgehead atoms. The van der Waals surface area contributed by atoms with E-state index in [1.54, 1.807) is 0 Å². The molecule has 0 spiro atoms. The predicted molar refractivity (Wildman–Crippen MR) is 54.3 cm³/mol. The topological polar surface area (TPSA) is 159 Å². The van der Waals surface area contributed by atoms with Crippen molar-refractivity contribution in [1.29, 1.82) is 0 Å². The van der Waals surface area contributed by atoms with Crippen molar-refractivity contribution in [2.24, 2.45) is 0 Å². The van der Waals surface area contributed by atoms with Gasteiger partial charge >= 0.3 is 21.0 Å². The zero-order valence-corrected chi connectivity index (χ0v) is 9.65. The maximum atomic E-state index is 9.61. The van der Waals surface area contributed by atoms with E-state index in [4.69, 9.17) is 29.4 Å². The summed E-state index contributed by atoms with van der Waals surface area (Å²) in [7, 11) is -10.2. The van der Waals surface area contributed by atoms with Gasteiger partial charge in [-0.2, -0.15) is 29.4 Å². The van der Waals surface area contributed by atoms with Crippen molar-refractivity contribution in [3.8, 4) is 0 Å². The molecule has 9 nitrogen and oxygen atoms in total. The molecular weight excluding hydrogens is 262 g/mol. The highest BCUT2D eigenvalue weighted by Crippen LogP contribution is 2.76. The lowest BCUT2D eigenvalue weighted by molar-refractivity contribution is 0.0898. The third kappa shape index (κ3) is 2.54. The van der Waals surface area contributed by atoms with Crippen molar-refractivity contribution in [3.63, 3.8) is 0 Å². The fourth-order valence-corrected chi connectivity index (χ4v) is 3.14. The van der Waals surface area contributed by atoms with E-state index in [0.29, 0.717) is 0 Å². The van der Waals surface area contributed by atoms with Gasteiger partial charge in [0.2, 0.25) is 0 Å². The van der Waals surface area contributed by atoms with Crippen LogP contribution < -0.4 is 0 Å². The molecule has 1 aromatic rings. The van der Waals surface area contributed by atoms with Crippen LogP contribution in [0.5, 0.6) is 0 Å². The van der Waals surface area contributed by atoms with E-state index in [9.17, 15) is 5.11 Å². The van der Waals surface area contributed by atoms with Gasteiger partial charge in [-0.3, -0.25) is 0 Å². The lowest BCUT2D eigenvalue weighted by Crippen LogP contribution is -2.38. The number of aromatic nitrogens is 2. The number of imidazole rings is 1. The van der Waals surface area contributed by atoms with Crippen LogP contribution in [0, 0.1) is 0 Å². The minimum atomic E-state index is -5.09. The van der Waals surface area contributed by atoms with Crippen LogP contribution in [-0.4, -0.2) is 49.1 Å². The van der Waals surface area contributed by atoms with E-state index < -0.39 is 27.5 Å². The molecule has 0 saturated carbocycles. The molecule has 0 aliphatic rings. The third-order valence-corrected chi connectivity index (χ3v) is 5.73. The van der Waals surface area contributed by atoms with Crippen molar-refractivity contribution in [3.05, 3.63) is 18.7 Å². The molecular formula is C5H12N2O7P2+2. The average molecular weight is 274 g/mol. The minimum Gasteiger partial charge on any atom is -0.326 e. The third-order valence-electron chi connectivity index (χ3n) is 1.91. The lowest BCUT2D eigenvalue weighted by atomic mass is 10.6. The second-order valence-corrected chi connectivity index (χ2v) is 7.25. The minimum absolute atomic E-state index is 0.832. The normalized spacial score (nSPS) is 14.2. The summed E-state index contributed by atoms with van der Waals surface area (Å²) >= 11 is 0. The van der Waals surface area contributed by atoms with Gasteiger partial charge in [-0.1, -0.05) is 0 Å². The fraction of sp³-hybridized carbons (Fsp3) is 0.400. The summed E-state index contributed by atoms with van der Waals surface area (Å²) in [5.74, 6) is 0. The second-order valence-electron chi connectivity index (χ2n) is 3.15. The van der Waals surface area contributed by atoms with Gasteiger partial charge in [0.05, 0.1) is 6.33 Å². The first-order valence-corrected chi connectivity index (χ1v) is 7.20. The van der Waals surface area contributed by atoms with Crippen LogP contribution in [0.15, 0.2) is 18.7 Å². The smallest absolute Gasteiger partial charge is 0.326 e. The van der Waals surface area contributed by atoms with Crippen molar-refractivity contribution in [2.75, 3.05) is 0 Å². The lowest BCUT2D eigenvalue weighted by Gasteiger charge is -2.24. The monoisotopic (exact) mass is 274 g/mol. The average Bonchev–Trinajstić information content (AvgIpc) is 2.52. The van der Waals surface area contributed by atoms with E-state index in [-0.39, 0.29) is 0 Å². The van der Waals surface area contributed by atoms with Crippen LogP contribution in [0.1, 0.15) is 0 Å². The largest absolute Gasteiger partial charge is 0.491 e. The number of rotatable bonds is 4. The van der Waals surface area contributed by atoms with E-state index in [0.717, 1.165) is 10.9 Å². The first kappa shape index (κ1) is 13.9. The standard InChI is InChI=1S/C5H12N2O7P2/c8-5(15(9,10)11,16(12,13)14)3-7-2-1-6-4-7/h1-2,4,8-14H,3H2/q+2. The Labute approximate surface area is 91.0 Å². The van der Waals surface area contributed by atoms with Gasteiger partial charge in [-0.25, -0.2) is 4.98 Å². The van der Waals surface area contributed by atoms with Crippen LogP contribution in [0.4, 0.5) is 0 Å². The Morgan fingerprint density at radius 3 is 1.88 bits per heavy atom. The molecule has 0 amide bonds. The van der Waals surface area contributed by atoms with E-state index >= 15 is 0 Å². The molecule has 16 heavy (non-hydrogen) atoms. The SMILES string of the molecule is OC(Cn1ccnc1)([P+](O)(O)O)[P+](O)(O)O. The first-order valence-electron chi connectivity index (χ1n) is 3.91. The predicted octanol–water partition coefficient (Wildman–Crippen LogP) is -1.99. The van der Waals surface area contributed by atoms with Gasteiger partial charge in [0, 0.05) is 12.4 Å². The quantitative estimate of drug-likeness (QED) is 0.310. The number of aliphatic hydroxyl groups is 1. The molecule has 7 N–H and O–H groups in total. The van der Waals surface area contributed by atoms with Crippen LogP contribution in [0.3, 0.4) is 0 Å². The number of nitrogens with zero attached hydrogens (tertiary/aromatic N) is 2. The molecule has 0 saturated heterocycles. The molecule has 0 radical (unpaired) electrons. The van der Waals surface area contributed by atoms with Crippen LogP contribution in [0.2, 0.25) is 0 Å². The number of hydrogen-bond donors (Lipinski definition) is 7. The molecule has 1 aromatic heterocycles. The maximum Gasteiger partial charge on any atom is 0.491 e. The van der Waals surface area contributed by atoms with Crippen LogP contribution in [-0.2, 0) is 6.54 Å². The summed E-state index contributed by atoms with van der Waals surface area (Å²) in [6.07, 6.45) is 3.66. The van der Waals surface area contributed by atoms with Gasteiger partial charge in [-0.05, 0) is 0 Å². The summed E-state index contributed by atoms with van der Waals surface area (Å²) in [6.45, 7) is -0.832. The Balaban J connectivity index is 3.07. The van der Waals surface area contributed by atoms with Crippen molar-refractivity contribution >= 4 is 15.9 Å². The highest BCUT2D eigenvalue weighted by atomic mass is 31.3. The molecule has 1 heterocycles. The Morgan fingerprint density at radius 2 is 1.56 bits per heavy atom. The second kappa shape index (κ2) is 4.23. The maximum absolute atomic E-state index is 9.61. The van der Waals surface area contributed by atoms with Gasteiger partial charge < -0.3 is 9.67 Å². The summed E-state index contributed by atoms with van der Waals surface area (Å²) in [5.41, 5.74) is 0. The van der Waals surface area contributed by atoms with E-state index in [2.05, 4.69) is 4.98 Å². The van der Waals surface area contributed by atoms with Crippen molar-refractivity contribution < 1.29 is 34.5 Å². The molecule has 0 aromatic carbocycles. The zero-order valence-electron chi connectivity index (χ0n) is 7.86. The summed E-state index contributed by atoms with van der Waals surface area (Å²) in [4.78, 5) is 57.3. The molecule has 0 atom stereocenters. The van der Waals surface area contributed by atoms with Gasteiger partial charge in [0.25, 0.3) is 0 Å². The van der Waals surface area contributed by atoms with Gasteiger partial charge in [0.1, 0.15) is 6.54 Å². The van der Waals surface area contributed by atoms with E-state index in [1.807, 2.05) is 0 Å². The number of hydrogen-bond acceptors (Lipinski definition) is 8. The molecule has 1 rings (SSSR count). The Hall–Kier alpha value is -0.210. The molecule has 92 valence electrons. The molecule has 0 unspecified atom stereocenters. The van der Waals surface area contributed by atoms with Gasteiger partial charge in [-0.15, -0.1) is 0 Å². The van der Waals surface area contributed by atoms with Crippen molar-refractivity contribution in [2.45, 2.75) is 11.6 Å². The molecule has 0 fully saturated rings.